The third-order valence-electron chi connectivity index (χ3n) is 6.45. The molecule has 0 radical (unpaired) electrons. The molecule has 1 aliphatic carbocycles. The Balaban J connectivity index is 1.55. The molecule has 9 heteroatoms. The summed E-state index contributed by atoms with van der Waals surface area (Å²) >= 11 is 0. The van der Waals surface area contributed by atoms with E-state index in [-0.39, 0.29) is 17.9 Å². The zero-order chi connectivity index (χ0) is 23.5. The van der Waals surface area contributed by atoms with Crippen LogP contribution in [0.4, 0.5) is 5.69 Å². The SMILES string of the molecule is COCCN1CN(C)n2cc(C(=O)Nc3ccc(C4CCCCC4)cc3)c(=O)c(O)c2C1=O. The van der Waals surface area contributed by atoms with Crippen molar-refractivity contribution < 1.29 is 19.4 Å². The molecule has 1 aromatic heterocycles. The lowest BCUT2D eigenvalue weighted by Gasteiger charge is -2.37. The number of carbonyl (C=O) groups excluding carboxylic acids is 2. The van der Waals surface area contributed by atoms with Gasteiger partial charge in [0, 0.05) is 32.6 Å². The van der Waals surface area contributed by atoms with E-state index in [9.17, 15) is 19.5 Å². The number of nitrogens with zero attached hydrogens (tertiary/aromatic N) is 3. The fraction of sp³-hybridized carbons (Fsp3) is 0.458. The minimum atomic E-state index is -0.882. The predicted molar refractivity (Wildman–Crippen MR) is 125 cm³/mol. The van der Waals surface area contributed by atoms with Gasteiger partial charge in [-0.2, -0.15) is 0 Å². The number of carbonyl (C=O) groups is 2. The predicted octanol–water partition coefficient (Wildman–Crippen LogP) is 2.48. The number of rotatable bonds is 6. The molecule has 2 N–H and O–H groups in total. The molecular weight excluding hydrogens is 424 g/mol. The van der Waals surface area contributed by atoms with Crippen LogP contribution in [0.2, 0.25) is 0 Å². The third-order valence-corrected chi connectivity index (χ3v) is 6.45. The summed E-state index contributed by atoms with van der Waals surface area (Å²) in [4.78, 5) is 39.9. The van der Waals surface area contributed by atoms with Crippen LogP contribution in [0.1, 0.15) is 64.4 Å². The first-order chi connectivity index (χ1) is 15.9. The molecule has 176 valence electrons. The van der Waals surface area contributed by atoms with Crippen molar-refractivity contribution in [2.24, 2.45) is 0 Å². The molecular formula is C24H30N4O5. The van der Waals surface area contributed by atoms with E-state index in [0.717, 1.165) is 0 Å². The lowest BCUT2D eigenvalue weighted by Crippen LogP contribution is -2.53. The summed E-state index contributed by atoms with van der Waals surface area (Å²) in [5, 5.41) is 14.9. The highest BCUT2D eigenvalue weighted by Gasteiger charge is 2.33. The molecule has 2 aliphatic rings. The molecule has 0 atom stereocenters. The van der Waals surface area contributed by atoms with Crippen molar-refractivity contribution >= 4 is 17.5 Å². The van der Waals surface area contributed by atoms with Crippen LogP contribution in [0.5, 0.6) is 5.75 Å². The topological polar surface area (TPSA) is 104 Å². The minimum Gasteiger partial charge on any atom is -0.502 e. The Morgan fingerprint density at radius 1 is 1.15 bits per heavy atom. The summed E-state index contributed by atoms with van der Waals surface area (Å²) < 4.78 is 6.37. The number of anilines is 1. The van der Waals surface area contributed by atoms with Gasteiger partial charge in [0.2, 0.25) is 5.43 Å². The summed E-state index contributed by atoms with van der Waals surface area (Å²) in [5.74, 6) is -1.32. The Kier molecular flexibility index (Phi) is 6.69. The van der Waals surface area contributed by atoms with Gasteiger partial charge in [-0.15, -0.1) is 0 Å². The van der Waals surface area contributed by atoms with E-state index in [1.165, 1.54) is 60.6 Å². The average molecular weight is 455 g/mol. The summed E-state index contributed by atoms with van der Waals surface area (Å²) in [6.45, 7) is 0.859. The van der Waals surface area contributed by atoms with Crippen LogP contribution >= 0.6 is 0 Å². The van der Waals surface area contributed by atoms with Crippen LogP contribution in [0.15, 0.2) is 35.3 Å². The highest BCUT2D eigenvalue weighted by atomic mass is 16.5. The van der Waals surface area contributed by atoms with Gasteiger partial charge in [0.1, 0.15) is 12.2 Å². The summed E-state index contributed by atoms with van der Waals surface area (Å²) in [6, 6.07) is 7.70. The summed E-state index contributed by atoms with van der Waals surface area (Å²) in [5.41, 5.74) is 0.539. The Morgan fingerprint density at radius 3 is 2.52 bits per heavy atom. The number of hydrogen-bond donors (Lipinski definition) is 2. The number of ether oxygens (including phenoxy) is 1. The van der Waals surface area contributed by atoms with Crippen LogP contribution in [-0.2, 0) is 4.74 Å². The van der Waals surface area contributed by atoms with Gasteiger partial charge in [-0.05, 0) is 36.5 Å². The highest BCUT2D eigenvalue weighted by molar-refractivity contribution is 6.05. The second kappa shape index (κ2) is 9.66. The van der Waals surface area contributed by atoms with Crippen LogP contribution in [0.25, 0.3) is 0 Å². The first-order valence-electron chi connectivity index (χ1n) is 11.3. The van der Waals surface area contributed by atoms with Crippen LogP contribution in [-0.4, -0.2) is 60.5 Å². The number of pyridine rings is 1. The molecule has 9 nitrogen and oxygen atoms in total. The lowest BCUT2D eigenvalue weighted by molar-refractivity contribution is 0.0629. The molecule has 0 bridgehead atoms. The largest absolute Gasteiger partial charge is 0.502 e. The van der Waals surface area contributed by atoms with Gasteiger partial charge in [0.15, 0.2) is 11.4 Å². The maximum absolute atomic E-state index is 12.9. The highest BCUT2D eigenvalue weighted by Crippen LogP contribution is 2.33. The molecule has 33 heavy (non-hydrogen) atoms. The number of aromatic nitrogens is 1. The lowest BCUT2D eigenvalue weighted by atomic mass is 9.84. The number of aromatic hydroxyl groups is 1. The number of fused-ring (bicyclic) bond motifs is 1. The number of benzene rings is 1. The van der Waals surface area contributed by atoms with Gasteiger partial charge >= 0.3 is 0 Å². The van der Waals surface area contributed by atoms with E-state index in [0.29, 0.717) is 24.8 Å². The fourth-order valence-corrected chi connectivity index (χ4v) is 4.60. The van der Waals surface area contributed by atoms with Crippen molar-refractivity contribution in [3.63, 3.8) is 0 Å². The molecule has 2 heterocycles. The first kappa shape index (κ1) is 22.8. The maximum Gasteiger partial charge on any atom is 0.277 e. The quantitative estimate of drug-likeness (QED) is 0.695. The van der Waals surface area contributed by atoms with Crippen molar-refractivity contribution in [2.75, 3.05) is 44.3 Å². The second-order valence-corrected chi connectivity index (χ2v) is 8.69. The number of methoxy groups -OCH3 is 1. The molecule has 4 rings (SSSR count). The Bertz CT molecular complexity index is 1090. The van der Waals surface area contributed by atoms with Gasteiger partial charge in [0.25, 0.3) is 11.8 Å². The number of amides is 2. The molecule has 0 unspecified atom stereocenters. The summed E-state index contributed by atoms with van der Waals surface area (Å²) in [6.07, 6.45) is 7.46. The van der Waals surface area contributed by atoms with Gasteiger partial charge in [-0.1, -0.05) is 31.4 Å². The van der Waals surface area contributed by atoms with Crippen LogP contribution in [0, 0.1) is 0 Å². The van der Waals surface area contributed by atoms with Gasteiger partial charge in [-0.3, -0.25) is 24.1 Å². The standard InChI is InChI=1S/C24H30N4O5/c1-26-15-27(12-13-33-2)24(32)20-22(30)21(29)19(14-28(20)26)23(31)25-18-10-8-17(9-11-18)16-6-4-3-5-7-16/h8-11,14,16,30H,3-7,12-13,15H2,1-2H3,(H,25,31). The molecule has 1 aromatic carbocycles. The second-order valence-electron chi connectivity index (χ2n) is 8.69. The van der Waals surface area contributed by atoms with Crippen molar-refractivity contribution in [1.29, 1.82) is 0 Å². The van der Waals surface area contributed by atoms with Crippen molar-refractivity contribution in [3.05, 3.63) is 57.5 Å². The zero-order valence-electron chi connectivity index (χ0n) is 19.0. The van der Waals surface area contributed by atoms with Gasteiger partial charge in [0.05, 0.1) is 6.61 Å². The monoisotopic (exact) mass is 454 g/mol. The Labute approximate surface area is 192 Å². The van der Waals surface area contributed by atoms with Gasteiger partial charge in [-0.25, -0.2) is 0 Å². The van der Waals surface area contributed by atoms with Crippen molar-refractivity contribution in [2.45, 2.75) is 38.0 Å². The molecule has 0 spiro atoms. The molecule has 1 fully saturated rings. The molecule has 2 amide bonds. The smallest absolute Gasteiger partial charge is 0.277 e. The molecule has 1 saturated carbocycles. The first-order valence-corrected chi connectivity index (χ1v) is 11.3. The van der Waals surface area contributed by atoms with Crippen molar-refractivity contribution in [3.8, 4) is 5.75 Å². The zero-order valence-corrected chi connectivity index (χ0v) is 19.0. The van der Waals surface area contributed by atoms with Crippen molar-refractivity contribution in [1.82, 2.24) is 9.58 Å². The van der Waals surface area contributed by atoms with E-state index < -0.39 is 23.0 Å². The Hall–Kier alpha value is -3.33. The molecule has 1 aliphatic heterocycles. The van der Waals surface area contributed by atoms with E-state index >= 15 is 0 Å². The number of hydrogen-bond acceptors (Lipinski definition) is 6. The normalized spacial score (nSPS) is 16.6. The molecule has 2 aromatic rings. The molecule has 0 saturated heterocycles. The maximum atomic E-state index is 12.9. The van der Waals surface area contributed by atoms with E-state index in [4.69, 9.17) is 4.74 Å². The number of nitrogens with one attached hydrogen (secondary N) is 1. The average Bonchev–Trinajstić information content (AvgIpc) is 2.83. The van der Waals surface area contributed by atoms with Crippen LogP contribution < -0.4 is 15.8 Å². The van der Waals surface area contributed by atoms with E-state index in [2.05, 4.69) is 5.32 Å². The third kappa shape index (κ3) is 4.59. The minimum absolute atomic E-state index is 0.168. The van der Waals surface area contributed by atoms with Crippen LogP contribution in [0.3, 0.4) is 0 Å². The summed E-state index contributed by atoms with van der Waals surface area (Å²) in [7, 11) is 3.23. The van der Waals surface area contributed by atoms with E-state index in [1.54, 1.807) is 12.1 Å². The van der Waals surface area contributed by atoms with Gasteiger partial charge < -0.3 is 20.1 Å². The van der Waals surface area contributed by atoms with E-state index in [1.807, 2.05) is 24.3 Å². The fourth-order valence-electron chi connectivity index (χ4n) is 4.60. The Morgan fingerprint density at radius 2 is 1.85 bits per heavy atom.